The number of nitrogens with zero attached hydrogens (tertiary/aromatic N) is 2. The summed E-state index contributed by atoms with van der Waals surface area (Å²) >= 11 is 0. The first kappa shape index (κ1) is 32.8. The molecule has 0 atom stereocenters. The molecule has 0 bridgehead atoms. The van der Waals surface area contributed by atoms with E-state index in [4.69, 9.17) is 4.42 Å². The van der Waals surface area contributed by atoms with Crippen LogP contribution in [0.25, 0.3) is 76.9 Å². The standard InChI is InChI=1S/C54H36N2OSi/c1-4-17-37(18-5-1)55-47-28-13-10-25-43(47)46-36-42(31-32-49(46)55)58(39-20-6-2-7-21-39,40-22-8-3-9-23-40)41-24-16-19-38(35-41)56-48-29-14-11-26-44(48)53-50(56)33-34-52-54(53)45-27-12-15-30-51(45)57-52/h1-36H. The Morgan fingerprint density at radius 1 is 0.293 bits per heavy atom. The third-order valence-electron chi connectivity index (χ3n) is 12.2. The second-order valence-electron chi connectivity index (χ2n) is 15.2. The summed E-state index contributed by atoms with van der Waals surface area (Å²) in [6, 6.07) is 80.4. The van der Waals surface area contributed by atoms with E-state index in [0.29, 0.717) is 0 Å². The number of furan rings is 1. The van der Waals surface area contributed by atoms with Gasteiger partial charge in [0.15, 0.2) is 8.07 Å². The van der Waals surface area contributed by atoms with Gasteiger partial charge in [-0.25, -0.2) is 0 Å². The maximum absolute atomic E-state index is 6.41. The number of aromatic nitrogens is 2. The minimum atomic E-state index is -2.96. The fraction of sp³-hybridized carbons (Fsp3) is 0. The molecule has 4 heteroatoms. The molecule has 0 saturated carbocycles. The molecule has 3 heterocycles. The Hall–Kier alpha value is -7.40. The number of fused-ring (bicyclic) bond motifs is 10. The smallest absolute Gasteiger partial charge is 0.179 e. The molecule has 272 valence electrons. The minimum Gasteiger partial charge on any atom is -0.456 e. The van der Waals surface area contributed by atoms with E-state index in [1.54, 1.807) is 0 Å². The predicted molar refractivity (Wildman–Crippen MR) is 246 cm³/mol. The van der Waals surface area contributed by atoms with E-state index < -0.39 is 8.07 Å². The van der Waals surface area contributed by atoms with Gasteiger partial charge in [0.1, 0.15) is 11.2 Å². The Morgan fingerprint density at radius 3 is 1.55 bits per heavy atom. The van der Waals surface area contributed by atoms with Gasteiger partial charge in [-0.15, -0.1) is 0 Å². The predicted octanol–water partition coefficient (Wildman–Crippen LogP) is 11.2. The lowest BCUT2D eigenvalue weighted by molar-refractivity contribution is 0.669. The maximum Gasteiger partial charge on any atom is 0.179 e. The summed E-state index contributed by atoms with van der Waals surface area (Å²) in [5.74, 6) is 0. The molecule has 0 radical (unpaired) electrons. The monoisotopic (exact) mass is 756 g/mol. The molecule has 0 fully saturated rings. The number of rotatable bonds is 6. The molecular weight excluding hydrogens is 721 g/mol. The highest BCUT2D eigenvalue weighted by molar-refractivity contribution is 7.20. The zero-order valence-electron chi connectivity index (χ0n) is 31.6. The van der Waals surface area contributed by atoms with Crippen LogP contribution in [0.15, 0.2) is 223 Å². The van der Waals surface area contributed by atoms with Crippen LogP contribution in [-0.4, -0.2) is 17.2 Å². The van der Waals surface area contributed by atoms with Crippen molar-refractivity contribution >= 4 is 94.4 Å². The molecule has 3 aromatic heterocycles. The van der Waals surface area contributed by atoms with E-state index >= 15 is 0 Å². The molecule has 0 spiro atoms. The molecule has 0 N–H and O–H groups in total. The normalized spacial score (nSPS) is 12.1. The first-order valence-electron chi connectivity index (χ1n) is 19.9. The zero-order chi connectivity index (χ0) is 38.2. The van der Waals surface area contributed by atoms with Crippen LogP contribution in [0.5, 0.6) is 0 Å². The molecule has 12 aromatic rings. The zero-order valence-corrected chi connectivity index (χ0v) is 32.6. The van der Waals surface area contributed by atoms with Gasteiger partial charge in [0.2, 0.25) is 0 Å². The summed E-state index contributed by atoms with van der Waals surface area (Å²) in [5.41, 5.74) is 8.88. The van der Waals surface area contributed by atoms with Gasteiger partial charge in [0.05, 0.1) is 22.1 Å². The fourth-order valence-corrected chi connectivity index (χ4v) is 14.7. The van der Waals surface area contributed by atoms with Crippen LogP contribution < -0.4 is 20.7 Å². The lowest BCUT2D eigenvalue weighted by Crippen LogP contribution is -2.74. The largest absolute Gasteiger partial charge is 0.456 e. The third-order valence-corrected chi connectivity index (χ3v) is 17.0. The summed E-state index contributed by atoms with van der Waals surface area (Å²) in [6.07, 6.45) is 0. The molecule has 0 unspecified atom stereocenters. The molecule has 58 heavy (non-hydrogen) atoms. The number of para-hydroxylation sites is 4. The van der Waals surface area contributed by atoms with Gasteiger partial charge in [-0.1, -0.05) is 158 Å². The van der Waals surface area contributed by atoms with Gasteiger partial charge in [0.25, 0.3) is 0 Å². The average molecular weight is 757 g/mol. The Kier molecular flexibility index (Phi) is 7.25. The van der Waals surface area contributed by atoms with E-state index in [-0.39, 0.29) is 0 Å². The van der Waals surface area contributed by atoms with Crippen LogP contribution in [-0.2, 0) is 0 Å². The summed E-state index contributed by atoms with van der Waals surface area (Å²) < 4.78 is 11.3. The lowest BCUT2D eigenvalue weighted by Gasteiger charge is -2.35. The molecule has 0 saturated heterocycles. The third kappa shape index (κ3) is 4.67. The minimum absolute atomic E-state index is 0.911. The first-order valence-corrected chi connectivity index (χ1v) is 21.9. The van der Waals surface area contributed by atoms with Crippen LogP contribution >= 0.6 is 0 Å². The van der Waals surface area contributed by atoms with Crippen LogP contribution in [0.2, 0.25) is 0 Å². The van der Waals surface area contributed by atoms with Gasteiger partial charge in [-0.2, -0.15) is 0 Å². The molecule has 0 aliphatic rings. The number of hydrogen-bond acceptors (Lipinski definition) is 1. The van der Waals surface area contributed by atoms with Gasteiger partial charge < -0.3 is 13.6 Å². The van der Waals surface area contributed by atoms with Crippen molar-refractivity contribution in [1.82, 2.24) is 9.13 Å². The quantitative estimate of drug-likeness (QED) is 0.122. The lowest BCUT2D eigenvalue weighted by atomic mass is 10.1. The number of benzene rings is 9. The van der Waals surface area contributed by atoms with E-state index in [0.717, 1.165) is 27.9 Å². The van der Waals surface area contributed by atoms with Crippen molar-refractivity contribution < 1.29 is 4.42 Å². The maximum atomic E-state index is 6.41. The number of hydrogen-bond donors (Lipinski definition) is 0. The highest BCUT2D eigenvalue weighted by Crippen LogP contribution is 2.41. The van der Waals surface area contributed by atoms with Gasteiger partial charge >= 0.3 is 0 Å². The van der Waals surface area contributed by atoms with Crippen molar-refractivity contribution in [2.24, 2.45) is 0 Å². The van der Waals surface area contributed by atoms with E-state index in [1.165, 1.54) is 69.7 Å². The molecule has 9 aromatic carbocycles. The van der Waals surface area contributed by atoms with E-state index in [9.17, 15) is 0 Å². The van der Waals surface area contributed by atoms with Crippen molar-refractivity contribution in [1.29, 1.82) is 0 Å². The van der Waals surface area contributed by atoms with Crippen LogP contribution in [0.4, 0.5) is 0 Å². The Balaban J connectivity index is 1.17. The van der Waals surface area contributed by atoms with Crippen LogP contribution in [0, 0.1) is 0 Å². The van der Waals surface area contributed by atoms with Crippen molar-refractivity contribution in [3.05, 3.63) is 218 Å². The highest BCUT2D eigenvalue weighted by atomic mass is 28.3. The molecular formula is C54H36N2OSi. The molecule has 3 nitrogen and oxygen atoms in total. The van der Waals surface area contributed by atoms with Crippen LogP contribution in [0.1, 0.15) is 0 Å². The molecule has 0 aliphatic heterocycles. The fourth-order valence-electron chi connectivity index (χ4n) is 9.87. The van der Waals surface area contributed by atoms with Crippen molar-refractivity contribution in [2.75, 3.05) is 0 Å². The van der Waals surface area contributed by atoms with Gasteiger partial charge in [-0.05, 0) is 81.4 Å². The van der Waals surface area contributed by atoms with Crippen molar-refractivity contribution in [2.45, 2.75) is 0 Å². The Morgan fingerprint density at radius 2 is 0.810 bits per heavy atom. The molecule has 0 amide bonds. The first-order chi connectivity index (χ1) is 28.8. The van der Waals surface area contributed by atoms with Crippen molar-refractivity contribution in [3.63, 3.8) is 0 Å². The summed E-state index contributed by atoms with van der Waals surface area (Å²) in [4.78, 5) is 0. The summed E-state index contributed by atoms with van der Waals surface area (Å²) in [5, 5.41) is 12.6. The topological polar surface area (TPSA) is 23.0 Å². The molecule has 0 aliphatic carbocycles. The SMILES string of the molecule is c1ccc(-n2c3ccccc3c3cc([Si](c4ccccc4)(c4ccccc4)c4cccc(-n5c6ccccc6c6c7c(ccc65)oc5ccccc57)c4)ccc32)cc1. The average Bonchev–Trinajstić information content (AvgIpc) is 3.95. The second-order valence-corrected chi connectivity index (χ2v) is 19.0. The Bertz CT molecular complexity index is 3470. The Labute approximate surface area is 336 Å². The summed E-state index contributed by atoms with van der Waals surface area (Å²) in [6.45, 7) is 0. The van der Waals surface area contributed by atoms with Crippen LogP contribution in [0.3, 0.4) is 0 Å². The summed E-state index contributed by atoms with van der Waals surface area (Å²) in [7, 11) is -2.96. The van der Waals surface area contributed by atoms with E-state index in [2.05, 4.69) is 221 Å². The van der Waals surface area contributed by atoms with Gasteiger partial charge in [0, 0.05) is 43.7 Å². The second kappa shape index (κ2) is 12.8. The van der Waals surface area contributed by atoms with Crippen molar-refractivity contribution in [3.8, 4) is 11.4 Å². The van der Waals surface area contributed by atoms with Gasteiger partial charge in [-0.3, -0.25) is 0 Å². The van der Waals surface area contributed by atoms with E-state index in [1.807, 2.05) is 6.07 Å². The molecule has 12 rings (SSSR count). The highest BCUT2D eigenvalue weighted by Gasteiger charge is 2.42.